The molecule has 1 heterocycles. The molecule has 1 aromatic heterocycles. The van der Waals surface area contributed by atoms with Gasteiger partial charge in [0.15, 0.2) is 11.5 Å². The summed E-state index contributed by atoms with van der Waals surface area (Å²) in [6.07, 6.45) is 1.38. The number of imidazole rings is 1. The van der Waals surface area contributed by atoms with Crippen LogP contribution in [-0.2, 0) is 20.0 Å². The van der Waals surface area contributed by atoms with E-state index in [2.05, 4.69) is 19.9 Å². The van der Waals surface area contributed by atoms with E-state index in [0.717, 1.165) is 29.2 Å². The number of nitrogens with zero attached hydrogens (tertiary/aromatic N) is 4. The predicted molar refractivity (Wildman–Crippen MR) is 141 cm³/mol. The van der Waals surface area contributed by atoms with Crippen LogP contribution in [0.3, 0.4) is 0 Å². The largest absolute Gasteiger partial charge is 0.493 e. The average Bonchev–Trinajstić information content (AvgIpc) is 3.13. The van der Waals surface area contributed by atoms with Crippen LogP contribution in [0.25, 0.3) is 0 Å². The SMILES string of the molecule is COc1ccc(C(=O)N(CCC(C)C)Cc2nc(Cc3ccccc3C#N)c(C)n2C)c(Cl)c1OC. The van der Waals surface area contributed by atoms with Crippen molar-refractivity contribution in [3.63, 3.8) is 0 Å². The highest BCUT2D eigenvalue weighted by atomic mass is 35.5. The Morgan fingerprint density at radius 1 is 1.19 bits per heavy atom. The molecule has 3 aromatic rings. The molecule has 0 saturated carbocycles. The zero-order valence-corrected chi connectivity index (χ0v) is 22.5. The molecule has 7 nitrogen and oxygen atoms in total. The molecule has 0 N–H and O–H groups in total. The van der Waals surface area contributed by atoms with E-state index < -0.39 is 0 Å². The second kappa shape index (κ2) is 12.0. The molecule has 0 spiro atoms. The second-order valence-electron chi connectivity index (χ2n) is 9.14. The van der Waals surface area contributed by atoms with Crippen molar-refractivity contribution in [2.45, 2.75) is 40.2 Å². The van der Waals surface area contributed by atoms with Crippen LogP contribution in [0.15, 0.2) is 36.4 Å². The summed E-state index contributed by atoms with van der Waals surface area (Å²) >= 11 is 6.58. The van der Waals surface area contributed by atoms with Crippen molar-refractivity contribution in [1.82, 2.24) is 14.5 Å². The van der Waals surface area contributed by atoms with Gasteiger partial charge in [0.25, 0.3) is 5.91 Å². The molecule has 0 saturated heterocycles. The number of nitriles is 1. The molecule has 3 rings (SSSR count). The molecule has 0 unspecified atom stereocenters. The minimum Gasteiger partial charge on any atom is -0.493 e. The molecule has 0 fully saturated rings. The van der Waals surface area contributed by atoms with Crippen LogP contribution in [0.1, 0.15) is 59.0 Å². The van der Waals surface area contributed by atoms with E-state index in [9.17, 15) is 10.1 Å². The first-order chi connectivity index (χ1) is 17.2. The first-order valence-corrected chi connectivity index (χ1v) is 12.3. The standard InChI is InChI=1S/C28H33ClN4O3/c1-18(2)13-14-33(28(34)22-11-12-24(35-5)27(36-6)26(22)29)17-25-31-23(19(3)32(25)4)15-20-9-7-8-10-21(20)16-30/h7-12,18H,13-15,17H2,1-6H3. The van der Waals surface area contributed by atoms with Gasteiger partial charge in [-0.2, -0.15) is 5.26 Å². The van der Waals surface area contributed by atoms with Gasteiger partial charge in [-0.15, -0.1) is 0 Å². The van der Waals surface area contributed by atoms with Gasteiger partial charge in [-0.1, -0.05) is 43.6 Å². The number of aromatic nitrogens is 2. The van der Waals surface area contributed by atoms with Gasteiger partial charge in [0.05, 0.1) is 48.7 Å². The zero-order chi connectivity index (χ0) is 26.4. The Kier molecular flexibility index (Phi) is 9.00. The number of hydrogen-bond donors (Lipinski definition) is 0. The lowest BCUT2D eigenvalue weighted by molar-refractivity contribution is 0.0729. The number of ether oxygens (including phenoxy) is 2. The summed E-state index contributed by atoms with van der Waals surface area (Å²) in [6.45, 7) is 7.14. The van der Waals surface area contributed by atoms with Gasteiger partial charge in [0, 0.05) is 25.7 Å². The topological polar surface area (TPSA) is 80.4 Å². The lowest BCUT2D eigenvalue weighted by Gasteiger charge is -2.24. The van der Waals surface area contributed by atoms with Crippen molar-refractivity contribution in [2.24, 2.45) is 13.0 Å². The highest BCUT2D eigenvalue weighted by molar-refractivity contribution is 6.35. The molecular formula is C28H33ClN4O3. The van der Waals surface area contributed by atoms with Crippen molar-refractivity contribution < 1.29 is 14.3 Å². The third-order valence-corrected chi connectivity index (χ3v) is 6.75. The zero-order valence-electron chi connectivity index (χ0n) is 21.8. The summed E-state index contributed by atoms with van der Waals surface area (Å²) in [6, 6.07) is 13.2. The summed E-state index contributed by atoms with van der Waals surface area (Å²) in [5.74, 6) is 1.79. The van der Waals surface area contributed by atoms with Crippen molar-refractivity contribution in [3.8, 4) is 17.6 Å². The first-order valence-electron chi connectivity index (χ1n) is 11.9. The quantitative estimate of drug-likeness (QED) is 0.358. The van der Waals surface area contributed by atoms with E-state index >= 15 is 0 Å². The monoisotopic (exact) mass is 508 g/mol. The summed E-state index contributed by atoms with van der Waals surface area (Å²) in [4.78, 5) is 20.4. The number of hydrogen-bond acceptors (Lipinski definition) is 5. The van der Waals surface area contributed by atoms with Gasteiger partial charge in [-0.3, -0.25) is 4.79 Å². The fourth-order valence-electron chi connectivity index (χ4n) is 4.03. The molecule has 0 radical (unpaired) electrons. The van der Waals surface area contributed by atoms with E-state index in [4.69, 9.17) is 26.1 Å². The molecule has 1 amide bonds. The van der Waals surface area contributed by atoms with E-state index in [-0.39, 0.29) is 10.9 Å². The molecule has 0 aliphatic heterocycles. The Bertz CT molecular complexity index is 1280. The molecule has 0 aliphatic carbocycles. The minimum absolute atomic E-state index is 0.196. The molecular weight excluding hydrogens is 476 g/mol. The summed E-state index contributed by atoms with van der Waals surface area (Å²) in [5.41, 5.74) is 3.81. The number of benzene rings is 2. The molecule has 0 bridgehead atoms. The van der Waals surface area contributed by atoms with Crippen LogP contribution in [0.2, 0.25) is 5.02 Å². The third kappa shape index (κ3) is 5.83. The maximum Gasteiger partial charge on any atom is 0.255 e. The Hall–Kier alpha value is -3.50. The Morgan fingerprint density at radius 3 is 2.56 bits per heavy atom. The Balaban J connectivity index is 1.94. The maximum absolute atomic E-state index is 13.7. The number of amides is 1. The van der Waals surface area contributed by atoms with Gasteiger partial charge in [0.2, 0.25) is 0 Å². The van der Waals surface area contributed by atoms with Gasteiger partial charge >= 0.3 is 0 Å². The van der Waals surface area contributed by atoms with Crippen LogP contribution >= 0.6 is 11.6 Å². The predicted octanol–water partition coefficient (Wildman–Crippen LogP) is 5.55. The van der Waals surface area contributed by atoms with E-state index in [0.29, 0.717) is 48.1 Å². The highest BCUT2D eigenvalue weighted by Crippen LogP contribution is 2.38. The van der Waals surface area contributed by atoms with E-state index in [1.54, 1.807) is 17.0 Å². The van der Waals surface area contributed by atoms with Crippen molar-refractivity contribution in [3.05, 3.63) is 75.3 Å². The smallest absolute Gasteiger partial charge is 0.255 e. The van der Waals surface area contributed by atoms with Gasteiger partial charge in [-0.25, -0.2) is 4.98 Å². The average molecular weight is 509 g/mol. The van der Waals surface area contributed by atoms with Crippen LogP contribution in [-0.4, -0.2) is 41.1 Å². The molecule has 8 heteroatoms. The van der Waals surface area contributed by atoms with E-state index in [1.807, 2.05) is 42.8 Å². The summed E-state index contributed by atoms with van der Waals surface area (Å²) in [5, 5.41) is 9.69. The number of carbonyl (C=O) groups is 1. The number of methoxy groups -OCH3 is 2. The molecule has 190 valence electrons. The molecule has 2 aromatic carbocycles. The highest BCUT2D eigenvalue weighted by Gasteiger charge is 2.25. The van der Waals surface area contributed by atoms with Gasteiger partial charge in [0.1, 0.15) is 5.82 Å². The number of halogens is 1. The summed E-state index contributed by atoms with van der Waals surface area (Å²) < 4.78 is 12.7. The van der Waals surface area contributed by atoms with Crippen LogP contribution in [0, 0.1) is 24.2 Å². The Morgan fingerprint density at radius 2 is 1.92 bits per heavy atom. The van der Waals surface area contributed by atoms with Gasteiger partial charge < -0.3 is 18.9 Å². The fraction of sp³-hybridized carbons (Fsp3) is 0.393. The number of rotatable bonds is 10. The van der Waals surface area contributed by atoms with Crippen LogP contribution in [0.5, 0.6) is 11.5 Å². The molecule has 0 aliphatic rings. The first kappa shape index (κ1) is 27.1. The Labute approximate surface area is 218 Å². The fourth-order valence-corrected chi connectivity index (χ4v) is 4.35. The van der Waals surface area contributed by atoms with Crippen LogP contribution in [0.4, 0.5) is 0 Å². The third-order valence-electron chi connectivity index (χ3n) is 6.38. The minimum atomic E-state index is -0.196. The summed E-state index contributed by atoms with van der Waals surface area (Å²) in [7, 11) is 4.98. The van der Waals surface area contributed by atoms with Crippen molar-refractivity contribution >= 4 is 17.5 Å². The molecule has 36 heavy (non-hydrogen) atoms. The lowest BCUT2D eigenvalue weighted by atomic mass is 10.0. The van der Waals surface area contributed by atoms with Crippen molar-refractivity contribution in [2.75, 3.05) is 20.8 Å². The van der Waals surface area contributed by atoms with Gasteiger partial charge in [-0.05, 0) is 43.0 Å². The maximum atomic E-state index is 13.7. The number of carbonyl (C=O) groups excluding carboxylic acids is 1. The van der Waals surface area contributed by atoms with Crippen LogP contribution < -0.4 is 9.47 Å². The second-order valence-corrected chi connectivity index (χ2v) is 9.51. The van der Waals surface area contributed by atoms with Crippen molar-refractivity contribution in [1.29, 1.82) is 5.26 Å². The lowest BCUT2D eigenvalue weighted by Crippen LogP contribution is -2.33. The molecule has 0 atom stereocenters. The normalized spacial score (nSPS) is 10.9. The van der Waals surface area contributed by atoms with E-state index in [1.165, 1.54) is 14.2 Å².